The van der Waals surface area contributed by atoms with Gasteiger partial charge in [-0.2, -0.15) is 0 Å². The number of rotatable bonds is 7. The summed E-state index contributed by atoms with van der Waals surface area (Å²) in [6.07, 6.45) is 0. The maximum Gasteiger partial charge on any atom is 0.251 e. The van der Waals surface area contributed by atoms with Gasteiger partial charge in [-0.05, 0) is 39.0 Å². The molecule has 8 heteroatoms. The number of aromatic nitrogens is 1. The Morgan fingerprint density at radius 1 is 1.23 bits per heavy atom. The minimum absolute atomic E-state index is 0.110. The highest BCUT2D eigenvalue weighted by atomic mass is 79.9. The van der Waals surface area contributed by atoms with Crippen LogP contribution in [0, 0.1) is 13.8 Å². The Kier molecular flexibility index (Phi) is 7.65. The molecule has 0 aliphatic carbocycles. The molecule has 1 amide bonds. The van der Waals surface area contributed by atoms with Gasteiger partial charge in [-0.25, -0.2) is 9.98 Å². The molecule has 0 saturated carbocycles. The second-order valence-electron chi connectivity index (χ2n) is 5.64. The van der Waals surface area contributed by atoms with Gasteiger partial charge in [0.1, 0.15) is 12.3 Å². The average molecular weight is 422 g/mol. The number of halogens is 1. The number of aryl methyl sites for hydroxylation is 2. The van der Waals surface area contributed by atoms with E-state index in [4.69, 9.17) is 4.42 Å². The van der Waals surface area contributed by atoms with Crippen molar-refractivity contribution >= 4 is 27.8 Å². The van der Waals surface area contributed by atoms with Crippen LogP contribution in [0.25, 0.3) is 0 Å². The van der Waals surface area contributed by atoms with Crippen molar-refractivity contribution in [3.05, 3.63) is 51.6 Å². The summed E-state index contributed by atoms with van der Waals surface area (Å²) in [6.45, 7) is 7.90. The molecule has 0 atom stereocenters. The summed E-state index contributed by atoms with van der Waals surface area (Å²) in [5, 5.41) is 9.20. The maximum atomic E-state index is 12.1. The van der Waals surface area contributed by atoms with Crippen molar-refractivity contribution in [2.75, 3.05) is 19.6 Å². The highest BCUT2D eigenvalue weighted by Crippen LogP contribution is 2.11. The quantitative estimate of drug-likeness (QED) is 0.363. The Hall–Kier alpha value is -2.35. The van der Waals surface area contributed by atoms with Crippen LogP contribution in [-0.4, -0.2) is 36.5 Å². The third kappa shape index (κ3) is 6.18. The predicted octanol–water partition coefficient (Wildman–Crippen LogP) is 2.54. The summed E-state index contributed by atoms with van der Waals surface area (Å²) < 4.78 is 6.40. The van der Waals surface area contributed by atoms with Gasteiger partial charge >= 0.3 is 0 Å². The van der Waals surface area contributed by atoms with E-state index < -0.39 is 0 Å². The summed E-state index contributed by atoms with van der Waals surface area (Å²) in [4.78, 5) is 20.8. The molecule has 1 aromatic heterocycles. The molecule has 2 rings (SSSR count). The zero-order valence-corrected chi connectivity index (χ0v) is 16.8. The fourth-order valence-corrected chi connectivity index (χ4v) is 2.58. The van der Waals surface area contributed by atoms with Gasteiger partial charge in [-0.15, -0.1) is 0 Å². The molecule has 0 aliphatic heterocycles. The lowest BCUT2D eigenvalue weighted by Gasteiger charge is -2.11. The van der Waals surface area contributed by atoms with E-state index in [0.29, 0.717) is 37.0 Å². The summed E-state index contributed by atoms with van der Waals surface area (Å²) in [6, 6.07) is 7.28. The number of hydrogen-bond acceptors (Lipinski definition) is 4. The highest BCUT2D eigenvalue weighted by molar-refractivity contribution is 9.10. The number of oxazole rings is 1. The number of amides is 1. The van der Waals surface area contributed by atoms with Crippen LogP contribution in [0.5, 0.6) is 0 Å². The fourth-order valence-electron chi connectivity index (χ4n) is 2.18. The van der Waals surface area contributed by atoms with Gasteiger partial charge in [0.05, 0.1) is 5.69 Å². The van der Waals surface area contributed by atoms with Crippen molar-refractivity contribution in [3.63, 3.8) is 0 Å². The van der Waals surface area contributed by atoms with Crippen LogP contribution in [0.3, 0.4) is 0 Å². The Morgan fingerprint density at radius 2 is 2.00 bits per heavy atom. The molecule has 2 aromatic rings. The Labute approximate surface area is 161 Å². The number of hydrogen-bond donors (Lipinski definition) is 3. The van der Waals surface area contributed by atoms with Crippen molar-refractivity contribution in [1.29, 1.82) is 0 Å². The summed E-state index contributed by atoms with van der Waals surface area (Å²) >= 11 is 3.36. The summed E-state index contributed by atoms with van der Waals surface area (Å²) in [7, 11) is 0. The van der Waals surface area contributed by atoms with Crippen molar-refractivity contribution in [2.24, 2.45) is 4.99 Å². The number of carbonyl (C=O) groups is 1. The van der Waals surface area contributed by atoms with Crippen LogP contribution < -0.4 is 16.0 Å². The third-order valence-electron chi connectivity index (χ3n) is 3.58. The Bertz CT molecular complexity index is 753. The molecule has 0 aliphatic rings. The third-order valence-corrected chi connectivity index (χ3v) is 4.07. The van der Waals surface area contributed by atoms with Crippen LogP contribution >= 0.6 is 15.9 Å². The molecular weight excluding hydrogens is 398 g/mol. The smallest absolute Gasteiger partial charge is 0.251 e. The predicted molar refractivity (Wildman–Crippen MR) is 105 cm³/mol. The molecule has 26 heavy (non-hydrogen) atoms. The van der Waals surface area contributed by atoms with Crippen molar-refractivity contribution in [3.8, 4) is 0 Å². The van der Waals surface area contributed by atoms with E-state index in [1.807, 2.05) is 32.9 Å². The van der Waals surface area contributed by atoms with E-state index in [2.05, 4.69) is 41.9 Å². The minimum Gasteiger partial charge on any atom is -0.444 e. The minimum atomic E-state index is -0.110. The van der Waals surface area contributed by atoms with Gasteiger partial charge in [0.25, 0.3) is 5.91 Å². The second kappa shape index (κ2) is 9.96. The zero-order chi connectivity index (χ0) is 18.9. The number of nitrogens with one attached hydrogen (secondary N) is 3. The summed E-state index contributed by atoms with van der Waals surface area (Å²) in [5.74, 6) is 1.93. The first-order valence-corrected chi connectivity index (χ1v) is 9.27. The first-order valence-electron chi connectivity index (χ1n) is 8.48. The second-order valence-corrected chi connectivity index (χ2v) is 6.55. The molecule has 0 fully saturated rings. The van der Waals surface area contributed by atoms with E-state index in [9.17, 15) is 4.79 Å². The fraction of sp³-hybridized carbons (Fsp3) is 0.389. The first-order chi connectivity index (χ1) is 12.5. The van der Waals surface area contributed by atoms with Gasteiger partial charge in [-0.3, -0.25) is 4.79 Å². The Balaban J connectivity index is 1.80. The van der Waals surface area contributed by atoms with Crippen LogP contribution in [0.15, 0.2) is 38.1 Å². The number of guanidine groups is 1. The van der Waals surface area contributed by atoms with Gasteiger partial charge < -0.3 is 20.4 Å². The number of nitrogens with zero attached hydrogens (tertiary/aromatic N) is 2. The van der Waals surface area contributed by atoms with E-state index in [0.717, 1.165) is 22.5 Å². The molecule has 7 nitrogen and oxygen atoms in total. The van der Waals surface area contributed by atoms with Gasteiger partial charge in [0.15, 0.2) is 5.96 Å². The number of aliphatic imine (C=N–C) groups is 1. The summed E-state index contributed by atoms with van der Waals surface area (Å²) in [5.41, 5.74) is 1.50. The van der Waals surface area contributed by atoms with E-state index in [-0.39, 0.29) is 5.91 Å². The van der Waals surface area contributed by atoms with E-state index >= 15 is 0 Å². The SMILES string of the molecule is CCNC(=NCc1nc(C)c(C)o1)NCCNC(=O)c1cccc(Br)c1. The van der Waals surface area contributed by atoms with Crippen LogP contribution in [0.4, 0.5) is 0 Å². The molecule has 140 valence electrons. The van der Waals surface area contributed by atoms with Crippen LogP contribution in [0.1, 0.15) is 34.6 Å². The Morgan fingerprint density at radius 3 is 2.65 bits per heavy atom. The lowest BCUT2D eigenvalue weighted by Crippen LogP contribution is -2.41. The molecular formula is C18H24BrN5O2. The van der Waals surface area contributed by atoms with Gasteiger partial charge in [-0.1, -0.05) is 22.0 Å². The molecule has 0 bridgehead atoms. The van der Waals surface area contributed by atoms with Crippen LogP contribution in [-0.2, 0) is 6.54 Å². The topological polar surface area (TPSA) is 91.6 Å². The highest BCUT2D eigenvalue weighted by Gasteiger charge is 2.07. The molecule has 1 aromatic carbocycles. The van der Waals surface area contributed by atoms with Gasteiger partial charge in [0, 0.05) is 29.7 Å². The standard InChI is InChI=1S/C18H24BrN5O2/c1-4-20-18(23-11-16-24-12(2)13(3)26-16)22-9-8-21-17(25)14-6-5-7-15(19)10-14/h5-7,10H,4,8-9,11H2,1-3H3,(H,21,25)(H2,20,22,23). The van der Waals surface area contributed by atoms with E-state index in [1.165, 1.54) is 0 Å². The molecule has 0 saturated heterocycles. The monoisotopic (exact) mass is 421 g/mol. The maximum absolute atomic E-state index is 12.1. The zero-order valence-electron chi connectivity index (χ0n) is 15.2. The van der Waals surface area contributed by atoms with Gasteiger partial charge in [0.2, 0.25) is 5.89 Å². The molecule has 0 unspecified atom stereocenters. The van der Waals surface area contributed by atoms with E-state index in [1.54, 1.807) is 12.1 Å². The number of benzene rings is 1. The molecule has 0 radical (unpaired) electrons. The average Bonchev–Trinajstić information content (AvgIpc) is 2.94. The largest absolute Gasteiger partial charge is 0.444 e. The van der Waals surface area contributed by atoms with Crippen molar-refractivity contribution < 1.29 is 9.21 Å². The number of carbonyl (C=O) groups excluding carboxylic acids is 1. The molecule has 0 spiro atoms. The molecule has 1 heterocycles. The molecule has 3 N–H and O–H groups in total. The first kappa shape index (κ1) is 20.0. The normalized spacial score (nSPS) is 11.3. The van der Waals surface area contributed by atoms with Crippen molar-refractivity contribution in [2.45, 2.75) is 27.3 Å². The van der Waals surface area contributed by atoms with Crippen molar-refractivity contribution in [1.82, 2.24) is 20.9 Å². The lowest BCUT2D eigenvalue weighted by molar-refractivity contribution is 0.0954. The van der Waals surface area contributed by atoms with Crippen LogP contribution in [0.2, 0.25) is 0 Å². The lowest BCUT2D eigenvalue weighted by atomic mass is 10.2.